The van der Waals surface area contributed by atoms with Crippen LogP contribution in [0.25, 0.3) is 0 Å². The van der Waals surface area contributed by atoms with Crippen molar-refractivity contribution in [2.24, 2.45) is 18.1 Å². The maximum Gasteiger partial charge on any atom is 0.328 e. The predicted octanol–water partition coefficient (Wildman–Crippen LogP) is 0.490. The molecule has 11 aliphatic heterocycles. The van der Waals surface area contributed by atoms with Crippen LogP contribution in [-0.4, -0.2) is 435 Å². The molecule has 19 N–H and O–H groups in total. The van der Waals surface area contributed by atoms with Crippen molar-refractivity contribution >= 4 is 126 Å². The van der Waals surface area contributed by atoms with E-state index in [4.69, 9.17) is 40.6 Å². The molecule has 0 aromatic carbocycles. The Morgan fingerprint density at radius 3 is 1.26 bits per heavy atom. The Morgan fingerprint density at radius 1 is 0.457 bits per heavy atom. The van der Waals surface area contributed by atoms with Crippen LogP contribution in [0.5, 0.6) is 0 Å². The number of thiocarbonyl (C=S) groups is 1. The molecule has 6 amide bonds. The fourth-order valence-corrected chi connectivity index (χ4v) is 20.9. The molecule has 0 aliphatic carbocycles. The molecule has 0 radical (unpaired) electrons. The van der Waals surface area contributed by atoms with Gasteiger partial charge in [0.15, 0.2) is 18.7 Å². The number of nitrogens with zero attached hydrogens (tertiary/aromatic N) is 6. The molecular formula is C85H143N13O24P6S. The Balaban J connectivity index is 0.000000212. The van der Waals surface area contributed by atoms with Crippen molar-refractivity contribution in [2.75, 3.05) is 131 Å². The standard InChI is InChI=1S/C15H25N2O4P.C15H27N2O4P.C14H23N2O5P.C14H23N2O4P.C14H23N2O3PS.C13H22N3O4P/c1-9-10(8-17(2)15(20)16-9)14-13(19)12(18)11(21-14)6-7-22(3,4)5;1-9-8-17(10(2)16-14(9)20)15-13(19)12(18)11(21-15)6-7-22(3,4)5;1-16-13(19)8(7-15-14(16)20)12-11(18)10(17)9(21-12)5-6-22(2,3)4;1-8-9(7-15-14(19)16-8)13-12(18)11(17)10(20-13)5-6-21(2,3)4;1-9-15-11(21)5-7-16(9)14-13(18)12(17)10(19-14)6-8-20(2,3)4;1-8-15-10(17)7-14-16(8)13-12(19)11(18)9(20-13)5-6-21(2,3)4/h8,11-14,18-19H,1,3,6-7H2,2,4-5H3,(H,16,20);9,11-13,15,18-19H,2-3,6-8H2,1,4-5H3,(H,16,20);7,9-12,17-18H,2,5-6H2,1,3-4H3,(H,15,20);7,10-13,17-18H,1-2,5-6H2,3-4H3,(H2,15,16,19);5,7,10,12-14,17-18H,1-2,6,8H2,3-4H3,(H,15,21);7,9,11-13,18-19H,1-2,5-6H2,3-4H3,(H,15,17)/t11-,12-,13-,14?;9?,11-,12-,13-,15?;9-,10-,11-,12?;10-,11-,12-,13?;10-,12-,13-,14?;9-,11-,12-,13?/m111111/s1. The topological polar surface area (TPSA) is 519 Å². The lowest BCUT2D eigenvalue weighted by atomic mass is 9.99. The van der Waals surface area contributed by atoms with Crippen LogP contribution in [0.2, 0.25) is 0 Å². The van der Waals surface area contributed by atoms with E-state index in [1.54, 1.807) is 42.2 Å². The highest BCUT2D eigenvalue weighted by atomic mass is 32.1. The summed E-state index contributed by atoms with van der Waals surface area (Å²) in [5.41, 5.74) is 0.963. The molecule has 728 valence electrons. The van der Waals surface area contributed by atoms with Crippen molar-refractivity contribution in [3.8, 4) is 0 Å². The highest BCUT2D eigenvalue weighted by Crippen LogP contribution is 2.46. The zero-order valence-corrected chi connectivity index (χ0v) is 83.1. The van der Waals surface area contributed by atoms with Gasteiger partial charge >= 0.3 is 17.8 Å². The normalized spacial score (nSPS) is 33.1. The molecular weight excluding hydrogens is 1800 g/mol. The summed E-state index contributed by atoms with van der Waals surface area (Å²) in [6, 6.07) is -0.668. The number of carbonyl (C=O) groups excluding carboxylic acids is 4. The van der Waals surface area contributed by atoms with E-state index in [0.717, 1.165) is 47.8 Å². The van der Waals surface area contributed by atoms with Crippen LogP contribution in [0, 0.1) is 5.92 Å². The van der Waals surface area contributed by atoms with Gasteiger partial charge in [-0.2, -0.15) is 5.10 Å². The Kier molecular flexibility index (Phi) is 39.0. The fourth-order valence-electron chi connectivity index (χ4n) is 15.0. The highest BCUT2D eigenvalue weighted by Gasteiger charge is 2.52. The third-order valence-electron chi connectivity index (χ3n) is 22.7. The number of aliphatic hydroxyl groups excluding tert-OH is 12. The zero-order chi connectivity index (χ0) is 97.3. The van der Waals surface area contributed by atoms with E-state index < -0.39 is 193 Å². The minimum atomic E-state index is -1.27. The first-order valence-corrected chi connectivity index (χ1v) is 61.0. The lowest BCUT2D eigenvalue weighted by Gasteiger charge is -2.39. The van der Waals surface area contributed by atoms with Gasteiger partial charge in [0.25, 0.3) is 11.5 Å². The molecule has 0 spiro atoms. The van der Waals surface area contributed by atoms with Gasteiger partial charge in [-0.05, 0) is 162 Å². The van der Waals surface area contributed by atoms with Gasteiger partial charge in [-0.15, -0.1) is 79.1 Å². The number of ether oxygens (including phenoxy) is 6. The Labute approximate surface area is 763 Å². The summed E-state index contributed by atoms with van der Waals surface area (Å²) in [7, 11) is 2.95. The SMILES string of the molecule is C=C1NC(=O)C(C)CN1C1O[C@H](CCP(=C)(C)C)[C@@H](O)[C@H]1O.C=C1NC(=O)C=NN1C1O[C@H](CCP(=C)(C)C)[C@@H](O)[C@H]1O.C=C1NC(=O)N(C)C=C1C1O[C@H](CCP(=C)(C)C)[C@@H](O)[C@H]1O.C=C1NC(=O)NC=C1C1O[C@H](CCP(=C)(C)C)[C@@H](O)[C@H]1O.C=C1NC(=S)C=CN1C1O[C@H](CCP(=C)(C)C)[C@@H](O)[C@H]1O.C=P(C)(C)CC[C@H]1OC(c2c[nH]c(=O)n(C)c2=O)[C@H](O)[C@@H]1O. The van der Waals surface area contributed by atoms with Crippen molar-refractivity contribution in [2.45, 2.75) is 192 Å². The molecule has 12 rings (SSSR count). The predicted molar refractivity (Wildman–Crippen MR) is 527 cm³/mol. The molecule has 7 saturated heterocycles. The van der Waals surface area contributed by atoms with Crippen LogP contribution in [-0.2, 0) is 45.1 Å². The number of H-pyrrole nitrogens is 1. The van der Waals surface area contributed by atoms with E-state index >= 15 is 0 Å². The van der Waals surface area contributed by atoms with E-state index in [1.165, 1.54) is 29.4 Å². The average molecular weight is 1950 g/mol. The number of hydrogen-bond donors (Lipinski definition) is 19. The molecule has 12 heterocycles. The molecule has 0 saturated carbocycles. The summed E-state index contributed by atoms with van der Waals surface area (Å²) in [4.78, 5) is 76.7. The van der Waals surface area contributed by atoms with Gasteiger partial charge in [0.1, 0.15) is 120 Å². The maximum atomic E-state index is 12.1. The van der Waals surface area contributed by atoms with E-state index in [2.05, 4.69) is 193 Å². The van der Waals surface area contributed by atoms with Gasteiger partial charge < -0.3 is 141 Å². The molecule has 7 unspecified atom stereocenters. The van der Waals surface area contributed by atoms with Gasteiger partial charge in [0, 0.05) is 68.0 Å². The number of aromatic amines is 1. The van der Waals surface area contributed by atoms with Crippen molar-refractivity contribution in [1.29, 1.82) is 0 Å². The van der Waals surface area contributed by atoms with Crippen LogP contribution >= 0.6 is 53.5 Å². The van der Waals surface area contributed by atoms with E-state index in [0.29, 0.717) is 84.2 Å². The highest BCUT2D eigenvalue weighted by molar-refractivity contribution is 7.80. The first-order chi connectivity index (χ1) is 59.4. The smallest absolute Gasteiger partial charge is 0.328 e. The van der Waals surface area contributed by atoms with Crippen LogP contribution in [0.3, 0.4) is 0 Å². The molecule has 44 heteroatoms. The summed E-state index contributed by atoms with van der Waals surface area (Å²) in [6.07, 6.45) is 23.3. The molecule has 0 bridgehead atoms. The van der Waals surface area contributed by atoms with Crippen molar-refractivity contribution in [1.82, 2.24) is 61.2 Å². The number of urea groups is 2. The molecule has 37 nitrogen and oxygen atoms in total. The third kappa shape index (κ3) is 31.1. The second-order valence-corrected chi connectivity index (χ2v) is 64.8. The zero-order valence-electron chi connectivity index (χ0n) is 76.9. The Hall–Kier alpha value is -5.88. The lowest BCUT2D eigenvalue weighted by Crippen LogP contribution is -2.54. The number of hydrogen-bond acceptors (Lipinski definition) is 29. The second-order valence-electron chi connectivity index (χ2n) is 38.4. The van der Waals surface area contributed by atoms with Gasteiger partial charge in [-0.25, -0.2) is 19.4 Å². The third-order valence-corrected chi connectivity index (χ3v) is 31.8. The van der Waals surface area contributed by atoms with Gasteiger partial charge in [-0.3, -0.25) is 19.0 Å². The Bertz CT molecular complexity index is 4740. The lowest BCUT2D eigenvalue weighted by molar-refractivity contribution is -0.133. The summed E-state index contributed by atoms with van der Waals surface area (Å²) in [5, 5.41) is 143. The van der Waals surface area contributed by atoms with Crippen LogP contribution in [0.1, 0.15) is 57.1 Å². The number of aromatic nitrogens is 2. The molecule has 25 atom stereocenters. The largest absolute Gasteiger partial charge is 0.388 e. The van der Waals surface area contributed by atoms with Gasteiger partial charge in [-0.1, -0.05) is 52.0 Å². The molecule has 7 fully saturated rings. The minimum Gasteiger partial charge on any atom is -0.388 e. The van der Waals surface area contributed by atoms with Gasteiger partial charge in [0.2, 0.25) is 5.91 Å². The first-order valence-electron chi connectivity index (χ1n) is 42.3. The summed E-state index contributed by atoms with van der Waals surface area (Å²) in [6.45, 7) is 39.2. The summed E-state index contributed by atoms with van der Waals surface area (Å²) >= 11 is 5.03. The fraction of sp³-hybridized carbons (Fsp3) is 0.624. The number of aliphatic hydroxyl groups is 12. The number of carbonyl (C=O) groups is 4. The van der Waals surface area contributed by atoms with E-state index in [1.807, 2.05) is 0 Å². The number of nitrogens with one attached hydrogen (secondary N) is 7. The summed E-state index contributed by atoms with van der Waals surface area (Å²) in [5.74, 6) is 0.458. The molecule has 1 aromatic rings. The number of rotatable bonds is 24. The monoisotopic (exact) mass is 1950 g/mol. The molecule has 11 aliphatic rings. The van der Waals surface area contributed by atoms with Crippen molar-refractivity contribution in [3.05, 3.63) is 130 Å². The molecule has 1 aromatic heterocycles. The number of amides is 6. The van der Waals surface area contributed by atoms with Crippen LogP contribution < -0.4 is 43.1 Å². The first kappa shape index (κ1) is 110. The summed E-state index contributed by atoms with van der Waals surface area (Å²) < 4.78 is 35.7. The van der Waals surface area contributed by atoms with E-state index in [-0.39, 0.29) is 47.3 Å². The second kappa shape index (κ2) is 45.6. The van der Waals surface area contributed by atoms with Crippen LogP contribution in [0.15, 0.2) is 118 Å². The van der Waals surface area contributed by atoms with Crippen LogP contribution in [0.4, 0.5) is 9.59 Å². The minimum absolute atomic E-state index is 0.0885. The van der Waals surface area contributed by atoms with Gasteiger partial charge in [0.05, 0.1) is 48.1 Å². The maximum absolute atomic E-state index is 12.1. The average Bonchev–Trinajstić information content (AvgIpc) is 1.67. The Morgan fingerprint density at radius 2 is 0.837 bits per heavy atom. The van der Waals surface area contributed by atoms with Crippen molar-refractivity contribution in [3.63, 3.8) is 0 Å². The molecule has 129 heavy (non-hydrogen) atoms. The van der Waals surface area contributed by atoms with E-state index in [9.17, 15) is 90.0 Å². The van der Waals surface area contributed by atoms with Crippen molar-refractivity contribution < 1.29 is 109 Å². The quantitative estimate of drug-likeness (QED) is 0.0495. The number of hydrazone groups is 1.